The number of aryl methyl sites for hydroxylation is 2. The zero-order valence-electron chi connectivity index (χ0n) is 27.7. The summed E-state index contributed by atoms with van der Waals surface area (Å²) in [5, 5.41) is 7.20. The minimum atomic E-state index is -4.70. The zero-order valence-corrected chi connectivity index (χ0v) is 28.5. The van der Waals surface area contributed by atoms with Crippen LogP contribution in [-0.2, 0) is 20.9 Å². The Bertz CT molecular complexity index is 2160. The fourth-order valence-electron chi connectivity index (χ4n) is 6.12. The van der Waals surface area contributed by atoms with Gasteiger partial charge in [-0.1, -0.05) is 36.6 Å². The molecule has 2 unspecified atom stereocenters. The molecule has 10 nitrogen and oxygen atoms in total. The van der Waals surface area contributed by atoms with E-state index in [1.807, 2.05) is 6.92 Å². The lowest BCUT2D eigenvalue weighted by atomic mass is 9.90. The molecule has 0 aliphatic heterocycles. The van der Waals surface area contributed by atoms with Gasteiger partial charge in [-0.05, 0) is 71.7 Å². The smallest absolute Gasteiger partial charge is 0.416 e. The number of pyridine rings is 1. The number of hydrogen-bond acceptors (Lipinski definition) is 8. The first kappa shape index (κ1) is 34.2. The second kappa shape index (κ2) is 12.6. The van der Waals surface area contributed by atoms with Gasteiger partial charge in [-0.2, -0.15) is 13.2 Å². The van der Waals surface area contributed by atoms with Crippen LogP contribution in [0.15, 0.2) is 66.0 Å². The molecular weight excluding hydrogens is 657 g/mol. The van der Waals surface area contributed by atoms with Gasteiger partial charge in [-0.15, -0.1) is 0 Å². The number of anilines is 1. The number of hydrogen-bond donors (Lipinski definition) is 2. The second-order valence-electron chi connectivity index (χ2n) is 13.4. The maximum atomic E-state index is 13.9. The van der Waals surface area contributed by atoms with Gasteiger partial charge in [0.25, 0.3) is 10.0 Å². The molecule has 2 N–H and O–H groups in total. The average Bonchev–Trinajstić information content (AvgIpc) is 3.41. The molecule has 1 saturated carbocycles. The van der Waals surface area contributed by atoms with Gasteiger partial charge in [-0.3, -0.25) is 4.98 Å². The number of halogens is 3. The zero-order chi connectivity index (χ0) is 35.3. The first-order valence-corrected chi connectivity index (χ1v) is 17.4. The first-order valence-electron chi connectivity index (χ1n) is 15.9. The Hall–Kier alpha value is -4.72. The van der Waals surface area contributed by atoms with E-state index in [-0.39, 0.29) is 33.8 Å². The molecule has 1 fully saturated rings. The Morgan fingerprint density at radius 3 is 2.29 bits per heavy atom. The summed E-state index contributed by atoms with van der Waals surface area (Å²) >= 11 is 0. The number of amides is 1. The maximum Gasteiger partial charge on any atom is 0.416 e. The Morgan fingerprint density at radius 1 is 0.918 bits per heavy atom. The monoisotopic (exact) mass is 694 g/mol. The third-order valence-electron chi connectivity index (χ3n) is 8.57. The molecule has 14 heteroatoms. The highest BCUT2D eigenvalue weighted by Crippen LogP contribution is 2.39. The van der Waals surface area contributed by atoms with Crippen LogP contribution in [0.3, 0.4) is 0 Å². The molecular formula is C35H37F3N6O4S. The summed E-state index contributed by atoms with van der Waals surface area (Å²) in [6.07, 6.45) is 2.60. The van der Waals surface area contributed by atoms with E-state index in [1.165, 1.54) is 30.6 Å². The largest absolute Gasteiger partial charge is 0.444 e. The fourth-order valence-corrected chi connectivity index (χ4v) is 7.48. The predicted octanol–water partition coefficient (Wildman–Crippen LogP) is 7.77. The Balaban J connectivity index is 1.46. The quantitative estimate of drug-likeness (QED) is 0.185. The van der Waals surface area contributed by atoms with Crippen molar-refractivity contribution < 1.29 is 31.1 Å². The lowest BCUT2D eigenvalue weighted by Gasteiger charge is -2.33. The number of benzene rings is 2. The van der Waals surface area contributed by atoms with Gasteiger partial charge in [0.15, 0.2) is 0 Å². The Labute approximate surface area is 282 Å². The fraction of sp³-hybridized carbons (Fsp3) is 0.371. The summed E-state index contributed by atoms with van der Waals surface area (Å²) in [5.74, 6) is 0.276. The molecule has 1 aliphatic rings. The highest BCUT2D eigenvalue weighted by atomic mass is 32.2. The molecule has 0 spiro atoms. The van der Waals surface area contributed by atoms with E-state index in [0.717, 1.165) is 47.4 Å². The summed E-state index contributed by atoms with van der Waals surface area (Å²) in [7, 11) is -4.31. The van der Waals surface area contributed by atoms with Crippen LogP contribution in [0.2, 0.25) is 0 Å². The molecule has 6 rings (SSSR count). The number of carbonyl (C=O) groups is 1. The summed E-state index contributed by atoms with van der Waals surface area (Å²) in [6, 6.07) is 8.71. The SMILES string of the molecule is Cc1ccc(S(=O)(=O)n2cc(-c3cnc(C)c4cnc(NC5CCCCC5NC(=O)OC(C)(C)C)nc34)c3ccc(C(F)(F)F)cc32)cc1. The molecule has 49 heavy (non-hydrogen) atoms. The first-order chi connectivity index (χ1) is 23.0. The van der Waals surface area contributed by atoms with Gasteiger partial charge < -0.3 is 15.4 Å². The van der Waals surface area contributed by atoms with Crippen molar-refractivity contribution in [2.45, 2.75) is 89.1 Å². The van der Waals surface area contributed by atoms with Gasteiger partial charge in [0, 0.05) is 52.2 Å². The van der Waals surface area contributed by atoms with Crippen LogP contribution in [0.5, 0.6) is 0 Å². The maximum absolute atomic E-state index is 13.9. The molecule has 0 bridgehead atoms. The van der Waals surface area contributed by atoms with Gasteiger partial charge in [0.2, 0.25) is 5.95 Å². The lowest BCUT2D eigenvalue weighted by Crippen LogP contribution is -2.50. The normalized spacial score (nSPS) is 17.3. The number of rotatable bonds is 6. The molecule has 2 atom stereocenters. The summed E-state index contributed by atoms with van der Waals surface area (Å²) < 4.78 is 75.9. The van der Waals surface area contributed by atoms with Crippen molar-refractivity contribution in [3.63, 3.8) is 0 Å². The average molecular weight is 695 g/mol. The van der Waals surface area contributed by atoms with E-state index in [1.54, 1.807) is 46.0 Å². The van der Waals surface area contributed by atoms with Gasteiger partial charge in [0.1, 0.15) is 5.60 Å². The molecule has 3 heterocycles. The van der Waals surface area contributed by atoms with Crippen LogP contribution >= 0.6 is 0 Å². The molecule has 1 aliphatic carbocycles. The third kappa shape index (κ3) is 7.05. The minimum Gasteiger partial charge on any atom is -0.444 e. The van der Waals surface area contributed by atoms with Crippen LogP contribution in [0.25, 0.3) is 32.9 Å². The lowest BCUT2D eigenvalue weighted by molar-refractivity contribution is -0.137. The highest BCUT2D eigenvalue weighted by Gasteiger charge is 2.33. The van der Waals surface area contributed by atoms with E-state index in [9.17, 15) is 26.4 Å². The van der Waals surface area contributed by atoms with Crippen LogP contribution in [-0.4, -0.2) is 51.1 Å². The van der Waals surface area contributed by atoms with Crippen molar-refractivity contribution in [2.75, 3.05) is 5.32 Å². The topological polar surface area (TPSA) is 128 Å². The van der Waals surface area contributed by atoms with Crippen molar-refractivity contribution in [2.24, 2.45) is 0 Å². The number of alkyl carbamates (subject to hydrolysis) is 1. The van der Waals surface area contributed by atoms with Crippen LogP contribution in [0.1, 0.15) is 63.3 Å². The number of alkyl halides is 3. The number of fused-ring (bicyclic) bond motifs is 2. The standard InChI is InChI=1S/C35H37F3N6O4S/c1-20-10-13-23(14-11-20)49(46,47)44-19-27(24-15-12-22(16-30(24)44)35(36,37)38)26-18-39-21(2)25-17-40-32(43-31(25)26)41-28-8-6-7-9-29(28)42-33(45)48-34(3,4)5/h10-19,28-29H,6-9H2,1-5H3,(H,42,45)(H,40,41,43). The molecule has 3 aromatic heterocycles. The number of carbonyl (C=O) groups excluding carboxylic acids is 1. The van der Waals surface area contributed by atoms with Crippen molar-refractivity contribution >= 4 is 43.9 Å². The van der Waals surface area contributed by atoms with Crippen molar-refractivity contribution in [1.82, 2.24) is 24.2 Å². The minimum absolute atomic E-state index is 0.0679. The van der Waals surface area contributed by atoms with Crippen molar-refractivity contribution in [1.29, 1.82) is 0 Å². The third-order valence-corrected chi connectivity index (χ3v) is 10.3. The van der Waals surface area contributed by atoms with E-state index >= 15 is 0 Å². The van der Waals surface area contributed by atoms with Crippen molar-refractivity contribution in [3.8, 4) is 11.1 Å². The van der Waals surface area contributed by atoms with E-state index in [4.69, 9.17) is 9.72 Å². The molecule has 258 valence electrons. The second-order valence-corrected chi connectivity index (χ2v) is 15.2. The van der Waals surface area contributed by atoms with Crippen LogP contribution in [0, 0.1) is 13.8 Å². The number of aromatic nitrogens is 4. The summed E-state index contributed by atoms with van der Waals surface area (Å²) in [5.41, 5.74) is 0.870. The van der Waals surface area contributed by atoms with E-state index in [2.05, 4.69) is 20.6 Å². The number of nitrogens with one attached hydrogen (secondary N) is 2. The molecule has 2 aromatic carbocycles. The van der Waals surface area contributed by atoms with Gasteiger partial charge in [0.05, 0.1) is 27.5 Å². The molecule has 1 amide bonds. The van der Waals surface area contributed by atoms with Crippen LogP contribution in [0.4, 0.5) is 23.9 Å². The molecule has 0 radical (unpaired) electrons. The van der Waals surface area contributed by atoms with Crippen LogP contribution < -0.4 is 10.6 Å². The summed E-state index contributed by atoms with van der Waals surface area (Å²) in [4.78, 5) is 26.4. The highest BCUT2D eigenvalue weighted by molar-refractivity contribution is 7.90. The van der Waals surface area contributed by atoms with Crippen molar-refractivity contribution in [3.05, 3.63) is 77.9 Å². The number of ether oxygens (including phenoxy) is 1. The Kier molecular flexibility index (Phi) is 8.80. The molecule has 5 aromatic rings. The predicted molar refractivity (Wildman–Crippen MR) is 181 cm³/mol. The summed E-state index contributed by atoms with van der Waals surface area (Å²) in [6.45, 7) is 8.98. The number of nitrogens with zero attached hydrogens (tertiary/aromatic N) is 4. The van der Waals surface area contributed by atoms with Gasteiger partial charge >= 0.3 is 12.3 Å². The van der Waals surface area contributed by atoms with Gasteiger partial charge in [-0.25, -0.2) is 27.2 Å². The molecule has 0 saturated heterocycles. The van der Waals surface area contributed by atoms with E-state index in [0.29, 0.717) is 27.7 Å². The Morgan fingerprint density at radius 2 is 1.61 bits per heavy atom. The van der Waals surface area contributed by atoms with E-state index < -0.39 is 33.5 Å².